The lowest BCUT2D eigenvalue weighted by Crippen LogP contribution is -2.07. The fourth-order valence-electron chi connectivity index (χ4n) is 1.13. The van der Waals surface area contributed by atoms with Gasteiger partial charge < -0.3 is 0 Å². The van der Waals surface area contributed by atoms with Gasteiger partial charge in [-0.05, 0) is 12.5 Å². The van der Waals surface area contributed by atoms with Crippen LogP contribution in [0.2, 0.25) is 6.04 Å². The number of halogens is 4. The molecule has 13 heavy (non-hydrogen) atoms. The molecule has 0 aliphatic rings. The summed E-state index contributed by atoms with van der Waals surface area (Å²) in [6.07, 6.45) is 7.10. The van der Waals surface area contributed by atoms with Crippen LogP contribution in [0.5, 0.6) is 0 Å². The maximum atomic E-state index is 5.75. The molecule has 0 aliphatic heterocycles. The lowest BCUT2D eigenvalue weighted by molar-refractivity contribution is 0.625. The molecule has 0 aliphatic carbocycles. The predicted octanol–water partition coefficient (Wildman–Crippen LogP) is 5.22. The molecule has 0 nitrogen and oxygen atoms in total. The minimum absolute atomic E-state index is 0.779. The highest BCUT2D eigenvalue weighted by Gasteiger charge is 2.23. The molecule has 0 fully saturated rings. The number of unbranched alkanes of at least 4 members (excludes halogenated alkanes) is 5. The summed E-state index contributed by atoms with van der Waals surface area (Å²) in [5, 5.41) is 0. The first kappa shape index (κ1) is 14.4. The molecular formula is C8H16Cl4Si. The van der Waals surface area contributed by atoms with E-state index < -0.39 is 6.00 Å². The Morgan fingerprint density at radius 3 is 1.62 bits per heavy atom. The molecule has 0 spiro atoms. The summed E-state index contributed by atoms with van der Waals surface area (Å²) in [6.45, 7) is 0. The number of hydrogen-bond donors (Lipinski definition) is 0. The van der Waals surface area contributed by atoms with Gasteiger partial charge in [0.1, 0.15) is 0 Å². The summed E-state index contributed by atoms with van der Waals surface area (Å²) in [6, 6.07) is -1.54. The molecule has 0 rings (SSSR count). The van der Waals surface area contributed by atoms with E-state index in [9.17, 15) is 0 Å². The fraction of sp³-hybridized carbons (Fsp3) is 1.00. The summed E-state index contributed by atoms with van der Waals surface area (Å²) >= 11 is 22.8. The van der Waals surface area contributed by atoms with Crippen LogP contribution in [0.15, 0.2) is 0 Å². The smallest absolute Gasteiger partial charge is 0.127 e. The van der Waals surface area contributed by atoms with Crippen LogP contribution in [0.3, 0.4) is 0 Å². The second kappa shape index (κ2) is 8.67. The van der Waals surface area contributed by atoms with E-state index in [2.05, 4.69) is 0 Å². The molecule has 0 radical (unpaired) electrons. The van der Waals surface area contributed by atoms with Crippen molar-refractivity contribution in [3.05, 3.63) is 0 Å². The summed E-state index contributed by atoms with van der Waals surface area (Å²) in [4.78, 5) is 0. The van der Waals surface area contributed by atoms with Crippen LogP contribution in [0.1, 0.15) is 38.5 Å². The molecule has 0 saturated heterocycles. The average Bonchev–Trinajstić information content (AvgIpc) is 2.01. The molecule has 5 heteroatoms. The third-order valence-electron chi connectivity index (χ3n) is 1.84. The highest BCUT2D eigenvalue weighted by atomic mass is 35.8. The van der Waals surface area contributed by atoms with E-state index in [4.69, 9.17) is 44.8 Å². The van der Waals surface area contributed by atoms with Crippen LogP contribution < -0.4 is 0 Å². The molecule has 0 aromatic heterocycles. The largest absolute Gasteiger partial charge is 0.341 e. The highest BCUT2D eigenvalue weighted by Crippen LogP contribution is 2.27. The zero-order valence-corrected chi connectivity index (χ0v) is 11.7. The number of alkyl halides is 1. The number of hydrogen-bond acceptors (Lipinski definition) is 0. The Hall–Kier alpha value is 1.38. The Morgan fingerprint density at radius 2 is 1.15 bits per heavy atom. The quantitative estimate of drug-likeness (QED) is 0.248. The van der Waals surface area contributed by atoms with Gasteiger partial charge in [0.2, 0.25) is 0 Å². The van der Waals surface area contributed by atoms with Crippen molar-refractivity contribution in [3.63, 3.8) is 0 Å². The SMILES string of the molecule is ClCCCCCCCC[Si](Cl)(Cl)Cl. The Bertz CT molecular complexity index is 113. The lowest BCUT2D eigenvalue weighted by atomic mass is 10.1. The predicted molar refractivity (Wildman–Crippen MR) is 66.5 cm³/mol. The van der Waals surface area contributed by atoms with Crippen LogP contribution in [0, 0.1) is 0 Å². The molecule has 0 bridgehead atoms. The Kier molecular flexibility index (Phi) is 9.58. The van der Waals surface area contributed by atoms with E-state index in [1.807, 2.05) is 0 Å². The Balaban J connectivity index is 3.00. The van der Waals surface area contributed by atoms with E-state index in [1.165, 1.54) is 25.7 Å². The second-order valence-corrected chi connectivity index (χ2v) is 12.8. The molecule has 0 unspecified atom stereocenters. The van der Waals surface area contributed by atoms with Gasteiger partial charge >= 0.3 is 6.00 Å². The molecule has 0 aromatic rings. The van der Waals surface area contributed by atoms with Crippen LogP contribution in [-0.4, -0.2) is 11.9 Å². The van der Waals surface area contributed by atoms with Gasteiger partial charge in [-0.1, -0.05) is 32.1 Å². The Morgan fingerprint density at radius 1 is 0.692 bits per heavy atom. The normalized spacial score (nSPS) is 12.0. The van der Waals surface area contributed by atoms with Crippen molar-refractivity contribution in [2.75, 3.05) is 5.88 Å². The molecule has 0 aromatic carbocycles. The van der Waals surface area contributed by atoms with E-state index in [1.54, 1.807) is 0 Å². The summed E-state index contributed by atoms with van der Waals surface area (Å²) in [7, 11) is 0. The molecule has 0 heterocycles. The molecule has 0 atom stereocenters. The monoisotopic (exact) mass is 280 g/mol. The van der Waals surface area contributed by atoms with E-state index >= 15 is 0 Å². The van der Waals surface area contributed by atoms with Gasteiger partial charge in [-0.3, -0.25) is 0 Å². The van der Waals surface area contributed by atoms with E-state index in [-0.39, 0.29) is 0 Å². The molecule has 80 valence electrons. The first-order valence-electron chi connectivity index (χ1n) is 4.69. The van der Waals surface area contributed by atoms with Gasteiger partial charge in [-0.25, -0.2) is 0 Å². The van der Waals surface area contributed by atoms with Crippen molar-refractivity contribution in [2.45, 2.75) is 44.6 Å². The summed E-state index contributed by atoms with van der Waals surface area (Å²) in [5.41, 5.74) is 0. The van der Waals surface area contributed by atoms with Crippen LogP contribution in [-0.2, 0) is 0 Å². The molecule has 0 amide bonds. The lowest BCUT2D eigenvalue weighted by Gasteiger charge is -2.06. The van der Waals surface area contributed by atoms with Crippen molar-refractivity contribution in [2.24, 2.45) is 0 Å². The van der Waals surface area contributed by atoms with Gasteiger partial charge in [0.05, 0.1) is 0 Å². The van der Waals surface area contributed by atoms with Crippen molar-refractivity contribution < 1.29 is 0 Å². The van der Waals surface area contributed by atoms with Crippen LogP contribution in [0.25, 0.3) is 0 Å². The molecule has 0 N–H and O–H groups in total. The second-order valence-electron chi connectivity index (χ2n) is 3.18. The fourth-order valence-corrected chi connectivity index (χ4v) is 3.17. The summed E-state index contributed by atoms with van der Waals surface area (Å²) in [5.74, 6) is 0.779. The topological polar surface area (TPSA) is 0 Å². The Labute approximate surface area is 101 Å². The average molecular weight is 282 g/mol. The van der Waals surface area contributed by atoms with E-state index in [0.29, 0.717) is 0 Å². The zero-order chi connectivity index (χ0) is 10.2. The highest BCUT2D eigenvalue weighted by molar-refractivity contribution is 7.64. The van der Waals surface area contributed by atoms with Crippen molar-refractivity contribution >= 4 is 50.8 Å². The standard InChI is InChI=1S/C8H16Cl4Si/c9-7-5-3-1-2-4-6-8-13(10,11)12/h1-8H2. The molecular weight excluding hydrogens is 266 g/mol. The van der Waals surface area contributed by atoms with Crippen molar-refractivity contribution in [1.82, 2.24) is 0 Å². The van der Waals surface area contributed by atoms with Crippen molar-refractivity contribution in [3.8, 4) is 0 Å². The summed E-state index contributed by atoms with van der Waals surface area (Å²) < 4.78 is 0. The zero-order valence-electron chi connectivity index (χ0n) is 7.67. The first-order chi connectivity index (χ1) is 6.06. The van der Waals surface area contributed by atoms with Gasteiger partial charge in [0, 0.05) is 5.88 Å². The maximum absolute atomic E-state index is 5.75. The first-order valence-corrected chi connectivity index (χ1v) is 10.5. The van der Waals surface area contributed by atoms with Crippen LogP contribution in [0.4, 0.5) is 0 Å². The van der Waals surface area contributed by atoms with Gasteiger partial charge in [-0.2, -0.15) is 0 Å². The maximum Gasteiger partial charge on any atom is 0.341 e. The number of rotatable bonds is 8. The van der Waals surface area contributed by atoms with Crippen molar-refractivity contribution in [1.29, 1.82) is 0 Å². The van der Waals surface area contributed by atoms with Gasteiger partial charge in [0.25, 0.3) is 0 Å². The third-order valence-corrected chi connectivity index (χ3v) is 4.73. The van der Waals surface area contributed by atoms with Crippen LogP contribution >= 0.6 is 44.8 Å². The molecule has 0 saturated carbocycles. The minimum atomic E-state index is -2.34. The van der Waals surface area contributed by atoms with Gasteiger partial charge in [-0.15, -0.1) is 44.8 Å². The van der Waals surface area contributed by atoms with E-state index in [0.717, 1.165) is 24.8 Å². The third kappa shape index (κ3) is 13.4. The minimum Gasteiger partial charge on any atom is -0.127 e. The van der Waals surface area contributed by atoms with Gasteiger partial charge in [0.15, 0.2) is 0 Å².